The van der Waals surface area contributed by atoms with Crippen molar-refractivity contribution in [3.63, 3.8) is 0 Å². The number of amides is 1. The van der Waals surface area contributed by atoms with E-state index >= 15 is 0 Å². The summed E-state index contributed by atoms with van der Waals surface area (Å²) in [6.45, 7) is 1.80. The zero-order valence-electron chi connectivity index (χ0n) is 11.3. The normalized spacial score (nSPS) is 10.4. The minimum Gasteiger partial charge on any atom is -0.486 e. The molecule has 4 N–H and O–H groups in total. The summed E-state index contributed by atoms with van der Waals surface area (Å²) in [5, 5.41) is 0. The third-order valence-corrected chi connectivity index (χ3v) is 3.43. The van der Waals surface area contributed by atoms with Crippen LogP contribution in [-0.4, -0.2) is 5.91 Å². The zero-order valence-corrected chi connectivity index (χ0v) is 12.9. The molecule has 2 aromatic carbocycles. The highest BCUT2D eigenvalue weighted by Crippen LogP contribution is 2.30. The van der Waals surface area contributed by atoms with Gasteiger partial charge < -0.3 is 16.2 Å². The number of aryl methyl sites for hydroxylation is 1. The molecule has 0 aromatic heterocycles. The average Bonchev–Trinajstić information content (AvgIpc) is 2.39. The lowest BCUT2D eigenvalue weighted by atomic mass is 10.1. The molecule has 0 bridgehead atoms. The molecule has 0 atom stereocenters. The smallest absolute Gasteiger partial charge is 0.248 e. The van der Waals surface area contributed by atoms with Crippen LogP contribution in [0.1, 0.15) is 21.5 Å². The topological polar surface area (TPSA) is 78.3 Å². The van der Waals surface area contributed by atoms with Crippen molar-refractivity contribution >= 4 is 27.5 Å². The molecule has 0 saturated heterocycles. The summed E-state index contributed by atoms with van der Waals surface area (Å²) >= 11 is 3.33. The first-order valence-corrected chi connectivity index (χ1v) is 6.94. The molecule has 0 radical (unpaired) electrons. The fourth-order valence-corrected chi connectivity index (χ4v) is 2.53. The number of primary amides is 1. The number of rotatable bonds is 4. The van der Waals surface area contributed by atoms with Gasteiger partial charge >= 0.3 is 0 Å². The van der Waals surface area contributed by atoms with E-state index in [2.05, 4.69) is 15.9 Å². The predicted molar refractivity (Wildman–Crippen MR) is 82.5 cm³/mol. The second-order valence-corrected chi connectivity index (χ2v) is 5.52. The molecule has 0 heterocycles. The van der Waals surface area contributed by atoms with E-state index < -0.39 is 11.7 Å². The van der Waals surface area contributed by atoms with Gasteiger partial charge in [0.05, 0.1) is 5.69 Å². The second kappa shape index (κ2) is 6.13. The first-order chi connectivity index (χ1) is 9.88. The number of anilines is 1. The summed E-state index contributed by atoms with van der Waals surface area (Å²) in [5.74, 6) is -0.592. The predicted octanol–water partition coefficient (Wildman–Crippen LogP) is 3.16. The number of nitrogen functional groups attached to an aromatic ring is 1. The number of hydrogen-bond acceptors (Lipinski definition) is 3. The van der Waals surface area contributed by atoms with Crippen LogP contribution in [0.3, 0.4) is 0 Å². The largest absolute Gasteiger partial charge is 0.486 e. The number of carbonyl (C=O) groups excluding carboxylic acids is 1. The first kappa shape index (κ1) is 15.3. The molecule has 1 amide bonds. The Kier molecular flexibility index (Phi) is 4.47. The highest BCUT2D eigenvalue weighted by Gasteiger charge is 2.11. The van der Waals surface area contributed by atoms with Gasteiger partial charge in [0, 0.05) is 15.6 Å². The maximum atomic E-state index is 13.7. The number of carbonyl (C=O) groups is 1. The minimum atomic E-state index is -0.615. The van der Waals surface area contributed by atoms with Crippen molar-refractivity contribution < 1.29 is 13.9 Å². The molecule has 0 aliphatic heterocycles. The van der Waals surface area contributed by atoms with Gasteiger partial charge in [-0.05, 0) is 42.8 Å². The van der Waals surface area contributed by atoms with E-state index in [1.54, 1.807) is 6.07 Å². The molecule has 0 aliphatic carbocycles. The van der Waals surface area contributed by atoms with Crippen LogP contribution in [0.2, 0.25) is 0 Å². The van der Waals surface area contributed by atoms with Gasteiger partial charge in [-0.15, -0.1) is 0 Å². The average molecular weight is 353 g/mol. The number of halogens is 2. The zero-order chi connectivity index (χ0) is 15.6. The summed E-state index contributed by atoms with van der Waals surface area (Å²) in [4.78, 5) is 11.1. The van der Waals surface area contributed by atoms with Gasteiger partial charge in [-0.1, -0.05) is 15.9 Å². The molecule has 6 heteroatoms. The van der Waals surface area contributed by atoms with Crippen molar-refractivity contribution in [1.29, 1.82) is 0 Å². The van der Waals surface area contributed by atoms with Gasteiger partial charge in [0.2, 0.25) is 5.91 Å². The van der Waals surface area contributed by atoms with E-state index in [0.29, 0.717) is 11.4 Å². The maximum absolute atomic E-state index is 13.7. The molecule has 0 saturated carbocycles. The molecule has 4 nitrogen and oxygen atoms in total. The first-order valence-electron chi connectivity index (χ1n) is 6.15. The van der Waals surface area contributed by atoms with E-state index in [1.165, 1.54) is 18.2 Å². The van der Waals surface area contributed by atoms with Gasteiger partial charge in [0.25, 0.3) is 0 Å². The molecule has 110 valence electrons. The lowest BCUT2D eigenvalue weighted by Gasteiger charge is -2.13. The molecule has 0 spiro atoms. The quantitative estimate of drug-likeness (QED) is 0.829. The Hall–Kier alpha value is -2.08. The highest BCUT2D eigenvalue weighted by molar-refractivity contribution is 9.10. The van der Waals surface area contributed by atoms with Gasteiger partial charge in [-0.3, -0.25) is 4.79 Å². The monoisotopic (exact) mass is 352 g/mol. The van der Waals surface area contributed by atoms with Gasteiger partial charge in [0.1, 0.15) is 18.2 Å². The van der Waals surface area contributed by atoms with Crippen LogP contribution < -0.4 is 16.2 Å². The van der Waals surface area contributed by atoms with Crippen LogP contribution in [0.5, 0.6) is 5.75 Å². The van der Waals surface area contributed by atoms with Crippen molar-refractivity contribution in [2.75, 3.05) is 5.73 Å². The van der Waals surface area contributed by atoms with E-state index in [-0.39, 0.29) is 17.7 Å². The Labute approximate surface area is 130 Å². The van der Waals surface area contributed by atoms with E-state index in [1.807, 2.05) is 13.0 Å². The van der Waals surface area contributed by atoms with E-state index in [0.717, 1.165) is 10.0 Å². The number of ether oxygens (including phenoxy) is 1. The Balaban J connectivity index is 2.24. The van der Waals surface area contributed by atoms with Crippen molar-refractivity contribution in [2.24, 2.45) is 5.73 Å². The van der Waals surface area contributed by atoms with Crippen molar-refractivity contribution in [3.05, 3.63) is 57.3 Å². The summed E-state index contributed by atoms with van der Waals surface area (Å²) in [5.41, 5.74) is 12.8. The Morgan fingerprint density at radius 3 is 2.67 bits per heavy atom. The van der Waals surface area contributed by atoms with Crippen LogP contribution in [-0.2, 0) is 6.61 Å². The standard InChI is InChI=1S/C15H14BrFN2O2/c1-8-4-11(16)6-13(18)14(8)21-7-10-5-9(15(19)20)2-3-12(10)17/h2-6H,7,18H2,1H3,(H2,19,20). The molecule has 2 rings (SSSR count). The second-order valence-electron chi connectivity index (χ2n) is 4.60. The van der Waals surface area contributed by atoms with Crippen LogP contribution in [0, 0.1) is 12.7 Å². The summed E-state index contributed by atoms with van der Waals surface area (Å²) < 4.78 is 20.2. The van der Waals surface area contributed by atoms with Crippen LogP contribution in [0.4, 0.5) is 10.1 Å². The van der Waals surface area contributed by atoms with Crippen molar-refractivity contribution in [3.8, 4) is 5.75 Å². The SMILES string of the molecule is Cc1cc(Br)cc(N)c1OCc1cc(C(N)=O)ccc1F. The molecule has 21 heavy (non-hydrogen) atoms. The molecule has 0 fully saturated rings. The number of benzene rings is 2. The van der Waals surface area contributed by atoms with E-state index in [4.69, 9.17) is 16.2 Å². The van der Waals surface area contributed by atoms with E-state index in [9.17, 15) is 9.18 Å². The van der Waals surface area contributed by atoms with Crippen LogP contribution in [0.25, 0.3) is 0 Å². The molecule has 0 aliphatic rings. The Morgan fingerprint density at radius 1 is 1.33 bits per heavy atom. The fraction of sp³-hybridized carbons (Fsp3) is 0.133. The third kappa shape index (κ3) is 3.52. The van der Waals surface area contributed by atoms with Gasteiger partial charge in [0.15, 0.2) is 0 Å². The fourth-order valence-electron chi connectivity index (χ4n) is 1.94. The lowest BCUT2D eigenvalue weighted by Crippen LogP contribution is -2.12. The van der Waals surface area contributed by atoms with Crippen LogP contribution in [0.15, 0.2) is 34.8 Å². The maximum Gasteiger partial charge on any atom is 0.248 e. The molecular formula is C15H14BrFN2O2. The summed E-state index contributed by atoms with van der Waals surface area (Å²) in [6.07, 6.45) is 0. The number of nitrogens with two attached hydrogens (primary N) is 2. The molecule has 2 aromatic rings. The Morgan fingerprint density at radius 2 is 2.05 bits per heavy atom. The number of hydrogen-bond donors (Lipinski definition) is 2. The minimum absolute atomic E-state index is 0.0420. The third-order valence-electron chi connectivity index (χ3n) is 2.97. The molecular weight excluding hydrogens is 339 g/mol. The van der Waals surface area contributed by atoms with Crippen LogP contribution >= 0.6 is 15.9 Å². The van der Waals surface area contributed by atoms with Gasteiger partial charge in [-0.2, -0.15) is 0 Å². The highest BCUT2D eigenvalue weighted by atomic mass is 79.9. The summed E-state index contributed by atoms with van der Waals surface area (Å²) in [6, 6.07) is 7.46. The Bertz CT molecular complexity index is 681. The summed E-state index contributed by atoms with van der Waals surface area (Å²) in [7, 11) is 0. The van der Waals surface area contributed by atoms with Crippen molar-refractivity contribution in [2.45, 2.75) is 13.5 Å². The molecule has 0 unspecified atom stereocenters. The van der Waals surface area contributed by atoms with Gasteiger partial charge in [-0.25, -0.2) is 4.39 Å². The lowest BCUT2D eigenvalue weighted by molar-refractivity contribution is 0.1000. The van der Waals surface area contributed by atoms with Crippen molar-refractivity contribution in [1.82, 2.24) is 0 Å².